The Hall–Kier alpha value is -4.53. The van der Waals surface area contributed by atoms with Gasteiger partial charge < -0.3 is 14.5 Å². The number of carbonyl (C=O) groups excluding carboxylic acids is 1. The van der Waals surface area contributed by atoms with Crippen LogP contribution in [-0.4, -0.2) is 56.8 Å². The molecule has 1 fully saturated rings. The van der Waals surface area contributed by atoms with Crippen LogP contribution < -0.4 is 15.2 Å². The molecule has 7 rings (SSSR count). The molecule has 0 N–H and O–H groups in total. The Morgan fingerprint density at radius 1 is 1.02 bits per heavy atom. The molecular weight excluding hydrogens is 528 g/mol. The van der Waals surface area contributed by atoms with Crippen molar-refractivity contribution in [2.45, 2.75) is 59.2 Å². The molecule has 1 unspecified atom stereocenters. The SMILES string of the molecule is Cc1ccnc2c1-n1c(=O)nc(N3CCN(C(=O)OC(C)(C)C)C[C@@H]3C)c3cc4ccc5ccccc5c4[n+](c31)C2C. The van der Waals surface area contributed by atoms with Gasteiger partial charge in [-0.2, -0.15) is 4.98 Å². The first kappa shape index (κ1) is 26.4. The Kier molecular flexibility index (Phi) is 5.80. The minimum absolute atomic E-state index is 0.0750. The molecule has 5 aromatic rings. The first-order valence-electron chi connectivity index (χ1n) is 14.6. The molecule has 0 radical (unpaired) electrons. The maximum Gasteiger partial charge on any atom is 0.442 e. The van der Waals surface area contributed by atoms with Crippen LogP contribution >= 0.6 is 0 Å². The number of hydrogen-bond acceptors (Lipinski definition) is 6. The van der Waals surface area contributed by atoms with Crippen molar-refractivity contribution >= 4 is 44.6 Å². The topological polar surface area (TPSA) is 84.4 Å². The highest BCUT2D eigenvalue weighted by atomic mass is 16.6. The number of rotatable bonds is 1. The maximum absolute atomic E-state index is 14.1. The van der Waals surface area contributed by atoms with Gasteiger partial charge in [0, 0.05) is 48.2 Å². The average Bonchev–Trinajstić information content (AvgIpc) is 2.94. The molecule has 0 aliphatic carbocycles. The summed E-state index contributed by atoms with van der Waals surface area (Å²) >= 11 is 0. The van der Waals surface area contributed by atoms with Crippen LogP contribution in [0.1, 0.15) is 51.9 Å². The van der Waals surface area contributed by atoms with Gasteiger partial charge in [-0.3, -0.25) is 4.98 Å². The molecule has 42 heavy (non-hydrogen) atoms. The first-order chi connectivity index (χ1) is 20.0. The van der Waals surface area contributed by atoms with E-state index in [9.17, 15) is 9.59 Å². The van der Waals surface area contributed by atoms with Crippen molar-refractivity contribution in [1.29, 1.82) is 0 Å². The number of aromatic nitrogens is 4. The zero-order chi connectivity index (χ0) is 29.5. The van der Waals surface area contributed by atoms with Crippen LogP contribution in [0.25, 0.3) is 38.4 Å². The Labute approximate surface area is 244 Å². The number of benzene rings is 2. The Morgan fingerprint density at radius 3 is 2.55 bits per heavy atom. The fourth-order valence-electron chi connectivity index (χ4n) is 6.65. The number of piperazine rings is 1. The number of anilines is 1. The van der Waals surface area contributed by atoms with Crippen LogP contribution in [-0.2, 0) is 4.74 Å². The maximum atomic E-state index is 14.1. The van der Waals surface area contributed by atoms with Gasteiger partial charge in [-0.05, 0) is 59.1 Å². The molecule has 1 amide bonds. The predicted molar refractivity (Wildman–Crippen MR) is 164 cm³/mol. The molecule has 2 aliphatic rings. The molecule has 214 valence electrons. The number of nitrogens with zero attached hydrogens (tertiary/aromatic N) is 6. The lowest BCUT2D eigenvalue weighted by molar-refractivity contribution is -0.664. The fourth-order valence-corrected chi connectivity index (χ4v) is 6.65. The van der Waals surface area contributed by atoms with Crippen LogP contribution in [0, 0.1) is 6.92 Å². The van der Waals surface area contributed by atoms with Crippen molar-refractivity contribution in [1.82, 2.24) is 19.4 Å². The summed E-state index contributed by atoms with van der Waals surface area (Å²) in [5.41, 5.74) is 3.62. The van der Waals surface area contributed by atoms with E-state index in [1.807, 2.05) is 46.0 Å². The van der Waals surface area contributed by atoms with Crippen LogP contribution in [0.15, 0.2) is 59.5 Å². The van der Waals surface area contributed by atoms with Crippen LogP contribution in [0.5, 0.6) is 0 Å². The van der Waals surface area contributed by atoms with Gasteiger partial charge in [-0.15, -0.1) is 4.57 Å². The average molecular weight is 564 g/mol. The quantitative estimate of drug-likeness (QED) is 0.161. The van der Waals surface area contributed by atoms with E-state index in [0.29, 0.717) is 25.5 Å². The highest BCUT2D eigenvalue weighted by Crippen LogP contribution is 2.37. The summed E-state index contributed by atoms with van der Waals surface area (Å²) in [6, 6.07) is 16.6. The standard InChI is InChI=1S/C33H35N6O3/c1-19-13-14-34-26-21(3)38-28-23(12-11-22-9-7-8-10-24(22)28)17-25-29(35-31(40)39(27(19)26)30(25)38)37-16-15-36(18-20(37)2)32(41)42-33(4,5)6/h7-14,17,20-21H,15-16,18H2,1-6H3/q+1/t20-,21?/m0/s1. The summed E-state index contributed by atoms with van der Waals surface area (Å²) in [4.78, 5) is 40.4. The number of amides is 1. The molecule has 2 aromatic carbocycles. The minimum Gasteiger partial charge on any atom is -0.444 e. The molecule has 9 nitrogen and oxygen atoms in total. The predicted octanol–water partition coefficient (Wildman–Crippen LogP) is 5.05. The van der Waals surface area contributed by atoms with E-state index in [1.165, 1.54) is 0 Å². The largest absolute Gasteiger partial charge is 0.444 e. The molecule has 5 heterocycles. The Morgan fingerprint density at radius 2 is 1.79 bits per heavy atom. The molecule has 3 aromatic heterocycles. The van der Waals surface area contributed by atoms with Gasteiger partial charge in [0.15, 0.2) is 11.5 Å². The van der Waals surface area contributed by atoms with Crippen molar-refractivity contribution in [3.8, 4) is 5.69 Å². The summed E-state index contributed by atoms with van der Waals surface area (Å²) in [5.74, 6) is 0.642. The van der Waals surface area contributed by atoms with Crippen molar-refractivity contribution in [3.05, 3.63) is 76.5 Å². The summed E-state index contributed by atoms with van der Waals surface area (Å²) < 4.78 is 9.66. The van der Waals surface area contributed by atoms with Crippen LogP contribution in [0.3, 0.4) is 0 Å². The lowest BCUT2D eigenvalue weighted by atomic mass is 10.00. The van der Waals surface area contributed by atoms with Crippen molar-refractivity contribution in [3.63, 3.8) is 0 Å². The molecule has 0 saturated carbocycles. The van der Waals surface area contributed by atoms with E-state index in [-0.39, 0.29) is 23.9 Å². The van der Waals surface area contributed by atoms with E-state index in [0.717, 1.165) is 49.7 Å². The van der Waals surface area contributed by atoms with Crippen molar-refractivity contribution < 1.29 is 14.1 Å². The fraction of sp³-hybridized carbons (Fsp3) is 0.364. The second-order valence-corrected chi connectivity index (χ2v) is 12.5. The van der Waals surface area contributed by atoms with Gasteiger partial charge in [-0.1, -0.05) is 36.4 Å². The molecule has 9 heteroatoms. The van der Waals surface area contributed by atoms with Crippen molar-refractivity contribution in [2.75, 3.05) is 24.5 Å². The minimum atomic E-state index is -0.563. The molecule has 2 atom stereocenters. The summed E-state index contributed by atoms with van der Waals surface area (Å²) in [7, 11) is 0. The lowest BCUT2D eigenvalue weighted by Gasteiger charge is -2.41. The van der Waals surface area contributed by atoms with Gasteiger partial charge in [0.05, 0.1) is 0 Å². The molecular formula is C33H35N6O3+. The smallest absolute Gasteiger partial charge is 0.442 e. The highest BCUT2D eigenvalue weighted by molar-refractivity contribution is 6.07. The molecule has 0 spiro atoms. The van der Waals surface area contributed by atoms with Gasteiger partial charge in [-0.25, -0.2) is 14.2 Å². The third-order valence-corrected chi connectivity index (χ3v) is 8.50. The van der Waals surface area contributed by atoms with Crippen LogP contribution in [0.4, 0.5) is 10.6 Å². The molecule has 0 bridgehead atoms. The summed E-state index contributed by atoms with van der Waals surface area (Å²) in [5, 5.41) is 4.23. The van der Waals surface area contributed by atoms with Gasteiger partial charge in [0.2, 0.25) is 0 Å². The van der Waals surface area contributed by atoms with E-state index < -0.39 is 5.60 Å². The normalized spacial score (nSPS) is 18.5. The Bertz CT molecular complexity index is 1990. The second-order valence-electron chi connectivity index (χ2n) is 12.5. The zero-order valence-electron chi connectivity index (χ0n) is 24.9. The van der Waals surface area contributed by atoms with Gasteiger partial charge in [0.1, 0.15) is 28.2 Å². The number of pyridine rings is 2. The number of carbonyl (C=O) groups is 1. The van der Waals surface area contributed by atoms with Gasteiger partial charge in [0.25, 0.3) is 0 Å². The zero-order valence-corrected chi connectivity index (χ0v) is 24.9. The summed E-state index contributed by atoms with van der Waals surface area (Å²) in [6.45, 7) is 13.3. The lowest BCUT2D eigenvalue weighted by Crippen LogP contribution is -2.55. The van der Waals surface area contributed by atoms with E-state index in [4.69, 9.17) is 14.7 Å². The molecule has 1 saturated heterocycles. The van der Waals surface area contributed by atoms with Crippen molar-refractivity contribution in [2.24, 2.45) is 0 Å². The number of ether oxygens (including phenoxy) is 1. The highest BCUT2D eigenvalue weighted by Gasteiger charge is 2.40. The van der Waals surface area contributed by atoms with Gasteiger partial charge >= 0.3 is 17.4 Å². The summed E-state index contributed by atoms with van der Waals surface area (Å²) in [6.07, 6.45) is 1.50. The second kappa shape index (κ2) is 9.24. The van der Waals surface area contributed by atoms with E-state index in [2.05, 4.69) is 59.7 Å². The Balaban J connectivity index is 1.48. The first-order valence-corrected chi connectivity index (χ1v) is 14.6. The van der Waals surface area contributed by atoms with E-state index >= 15 is 0 Å². The number of fused-ring (bicyclic) bond motifs is 6. The molecule has 2 aliphatic heterocycles. The van der Waals surface area contributed by atoms with Crippen LogP contribution in [0.2, 0.25) is 0 Å². The number of hydrogen-bond donors (Lipinski definition) is 0. The third-order valence-electron chi connectivity index (χ3n) is 8.50. The van der Waals surface area contributed by atoms with E-state index in [1.54, 1.807) is 9.47 Å². The third kappa shape index (κ3) is 3.94. The monoisotopic (exact) mass is 563 g/mol. The number of aryl methyl sites for hydroxylation is 1.